The van der Waals surface area contributed by atoms with Crippen molar-refractivity contribution < 1.29 is 9.53 Å². The third-order valence-corrected chi connectivity index (χ3v) is 5.92. The van der Waals surface area contributed by atoms with Gasteiger partial charge in [0.05, 0.1) is 15.2 Å². The number of aryl methyl sites for hydroxylation is 2. The van der Waals surface area contributed by atoms with E-state index in [0.717, 1.165) is 25.6 Å². The molecule has 0 radical (unpaired) electrons. The van der Waals surface area contributed by atoms with Crippen LogP contribution < -0.4 is 10.2 Å². The highest BCUT2D eigenvalue weighted by Gasteiger charge is 2.10. The molecule has 0 bridgehead atoms. The minimum absolute atomic E-state index is 0.329. The number of benzene rings is 3. The van der Waals surface area contributed by atoms with Crippen LogP contribution in [0.15, 0.2) is 68.6 Å². The Balaban J connectivity index is 1.64. The minimum atomic E-state index is -0.329. The summed E-state index contributed by atoms with van der Waals surface area (Å²) in [5.74, 6) is 0.371. The second-order valence-electron chi connectivity index (χ2n) is 6.75. The molecule has 0 aliphatic rings. The SMILES string of the molecule is Cc1ccc(COc2c(Br)cc(/C=N\NC(=O)c3ccc(C)c(Cl)c3)cc2Br)cc1. The third kappa shape index (κ3) is 5.94. The van der Waals surface area contributed by atoms with Gasteiger partial charge in [-0.1, -0.05) is 47.5 Å². The Labute approximate surface area is 197 Å². The van der Waals surface area contributed by atoms with Gasteiger partial charge in [0.1, 0.15) is 12.4 Å². The standard InChI is InChI=1S/C23H19Br2ClN2O2/c1-14-3-6-16(7-4-14)13-30-22-19(24)9-17(10-20(22)25)12-27-28-23(29)18-8-5-15(2)21(26)11-18/h3-12H,13H2,1-2H3,(H,28,29)/b27-12-. The minimum Gasteiger partial charge on any atom is -0.487 e. The summed E-state index contributed by atoms with van der Waals surface area (Å²) in [6, 6.07) is 17.1. The average molecular weight is 551 g/mol. The molecular formula is C23H19Br2ClN2O2. The number of hydrogen-bond donors (Lipinski definition) is 1. The van der Waals surface area contributed by atoms with E-state index in [9.17, 15) is 4.79 Å². The van der Waals surface area contributed by atoms with Gasteiger partial charge in [-0.2, -0.15) is 5.10 Å². The predicted molar refractivity (Wildman–Crippen MR) is 129 cm³/mol. The Bertz CT molecular complexity index is 1080. The largest absolute Gasteiger partial charge is 0.487 e. The number of hydrogen-bond acceptors (Lipinski definition) is 3. The Morgan fingerprint density at radius 3 is 2.37 bits per heavy atom. The highest BCUT2D eigenvalue weighted by Crippen LogP contribution is 2.35. The van der Waals surface area contributed by atoms with Gasteiger partial charge < -0.3 is 4.74 Å². The smallest absolute Gasteiger partial charge is 0.271 e. The lowest BCUT2D eigenvalue weighted by Gasteiger charge is -2.11. The van der Waals surface area contributed by atoms with Gasteiger partial charge in [0.15, 0.2) is 0 Å². The van der Waals surface area contributed by atoms with E-state index < -0.39 is 0 Å². The first kappa shape index (κ1) is 22.5. The molecule has 0 saturated carbocycles. The highest BCUT2D eigenvalue weighted by molar-refractivity contribution is 9.11. The number of halogens is 3. The normalized spacial score (nSPS) is 11.0. The number of carbonyl (C=O) groups is 1. The topological polar surface area (TPSA) is 50.7 Å². The molecule has 1 amide bonds. The number of nitrogens with one attached hydrogen (secondary N) is 1. The summed E-state index contributed by atoms with van der Waals surface area (Å²) >= 11 is 13.1. The summed E-state index contributed by atoms with van der Waals surface area (Å²) < 4.78 is 7.51. The number of carbonyl (C=O) groups excluding carboxylic acids is 1. The molecule has 4 nitrogen and oxygen atoms in total. The number of ether oxygens (including phenoxy) is 1. The van der Waals surface area contributed by atoms with Crippen molar-refractivity contribution in [1.82, 2.24) is 5.43 Å². The molecule has 7 heteroatoms. The van der Waals surface area contributed by atoms with Crippen LogP contribution in [0, 0.1) is 13.8 Å². The first-order valence-corrected chi connectivity index (χ1v) is 11.1. The molecule has 0 aliphatic heterocycles. The number of rotatable bonds is 6. The Morgan fingerprint density at radius 1 is 1.07 bits per heavy atom. The Hall–Kier alpha value is -2.15. The summed E-state index contributed by atoms with van der Waals surface area (Å²) in [5.41, 5.74) is 6.96. The molecule has 0 fully saturated rings. The first-order valence-electron chi connectivity index (χ1n) is 9.10. The highest BCUT2D eigenvalue weighted by atomic mass is 79.9. The lowest BCUT2D eigenvalue weighted by atomic mass is 10.1. The second-order valence-corrected chi connectivity index (χ2v) is 8.87. The fourth-order valence-corrected chi connectivity index (χ4v) is 4.23. The monoisotopic (exact) mass is 548 g/mol. The van der Waals surface area contributed by atoms with Gasteiger partial charge in [-0.3, -0.25) is 4.79 Å². The van der Waals surface area contributed by atoms with E-state index in [-0.39, 0.29) is 5.91 Å². The molecular weight excluding hydrogens is 532 g/mol. The van der Waals surface area contributed by atoms with Crippen molar-refractivity contribution in [3.8, 4) is 5.75 Å². The third-order valence-electron chi connectivity index (χ3n) is 4.34. The summed E-state index contributed by atoms with van der Waals surface area (Å²) in [7, 11) is 0. The Morgan fingerprint density at radius 2 is 1.73 bits per heavy atom. The van der Waals surface area contributed by atoms with Crippen molar-refractivity contribution >= 4 is 55.6 Å². The lowest BCUT2D eigenvalue weighted by molar-refractivity contribution is 0.0955. The number of nitrogens with zero attached hydrogens (tertiary/aromatic N) is 1. The molecule has 0 spiro atoms. The van der Waals surface area contributed by atoms with Gasteiger partial charge in [-0.15, -0.1) is 0 Å². The first-order chi connectivity index (χ1) is 14.3. The van der Waals surface area contributed by atoms with Crippen LogP contribution in [0.1, 0.15) is 32.6 Å². The Kier molecular flexibility index (Phi) is 7.69. The van der Waals surface area contributed by atoms with Crippen LogP contribution >= 0.6 is 43.5 Å². The molecule has 0 aliphatic carbocycles. The van der Waals surface area contributed by atoms with Crippen molar-refractivity contribution in [3.63, 3.8) is 0 Å². The lowest BCUT2D eigenvalue weighted by Crippen LogP contribution is -2.17. The zero-order valence-electron chi connectivity index (χ0n) is 16.4. The second kappa shape index (κ2) is 10.2. The fourth-order valence-electron chi connectivity index (χ4n) is 2.60. The molecule has 30 heavy (non-hydrogen) atoms. The van der Waals surface area contributed by atoms with E-state index in [1.54, 1.807) is 24.4 Å². The van der Waals surface area contributed by atoms with Crippen LogP contribution in [0.25, 0.3) is 0 Å². The summed E-state index contributed by atoms with van der Waals surface area (Å²) in [6.45, 7) is 4.39. The summed E-state index contributed by atoms with van der Waals surface area (Å²) in [4.78, 5) is 12.2. The van der Waals surface area contributed by atoms with E-state index in [0.29, 0.717) is 22.9 Å². The maximum Gasteiger partial charge on any atom is 0.271 e. The molecule has 154 valence electrons. The zero-order chi connectivity index (χ0) is 21.7. The van der Waals surface area contributed by atoms with Crippen molar-refractivity contribution in [1.29, 1.82) is 0 Å². The average Bonchev–Trinajstić information content (AvgIpc) is 2.70. The molecule has 0 unspecified atom stereocenters. The molecule has 3 aromatic rings. The predicted octanol–water partition coefficient (Wildman–Crippen LogP) is 6.82. The van der Waals surface area contributed by atoms with Crippen molar-refractivity contribution in [2.75, 3.05) is 0 Å². The number of hydrazone groups is 1. The molecule has 0 atom stereocenters. The van der Waals surface area contributed by atoms with E-state index in [1.165, 1.54) is 5.56 Å². The van der Waals surface area contributed by atoms with Crippen LogP contribution in [-0.2, 0) is 6.61 Å². The van der Waals surface area contributed by atoms with Crippen LogP contribution in [0.2, 0.25) is 5.02 Å². The summed E-state index contributed by atoms with van der Waals surface area (Å²) in [6.07, 6.45) is 1.56. The van der Waals surface area contributed by atoms with E-state index >= 15 is 0 Å². The van der Waals surface area contributed by atoms with E-state index in [1.807, 2.05) is 31.2 Å². The van der Waals surface area contributed by atoms with Crippen molar-refractivity contribution in [3.05, 3.63) is 96.4 Å². The van der Waals surface area contributed by atoms with Gasteiger partial charge in [0.2, 0.25) is 0 Å². The van der Waals surface area contributed by atoms with Crippen LogP contribution in [-0.4, -0.2) is 12.1 Å². The molecule has 0 heterocycles. The maximum absolute atomic E-state index is 12.2. The maximum atomic E-state index is 12.2. The van der Waals surface area contributed by atoms with Gasteiger partial charge in [0.25, 0.3) is 5.91 Å². The van der Waals surface area contributed by atoms with Crippen LogP contribution in [0.3, 0.4) is 0 Å². The molecule has 3 rings (SSSR count). The van der Waals surface area contributed by atoms with Crippen molar-refractivity contribution in [2.45, 2.75) is 20.5 Å². The van der Waals surface area contributed by atoms with Crippen LogP contribution in [0.4, 0.5) is 0 Å². The van der Waals surface area contributed by atoms with Gasteiger partial charge in [-0.25, -0.2) is 5.43 Å². The molecule has 3 aromatic carbocycles. The quantitative estimate of drug-likeness (QED) is 0.270. The van der Waals surface area contributed by atoms with E-state index in [2.05, 4.69) is 61.4 Å². The van der Waals surface area contributed by atoms with E-state index in [4.69, 9.17) is 16.3 Å². The van der Waals surface area contributed by atoms with Gasteiger partial charge in [0, 0.05) is 10.6 Å². The summed E-state index contributed by atoms with van der Waals surface area (Å²) in [5, 5.41) is 4.58. The molecule has 0 saturated heterocycles. The van der Waals surface area contributed by atoms with Crippen molar-refractivity contribution in [2.24, 2.45) is 5.10 Å². The molecule has 1 N–H and O–H groups in total. The zero-order valence-corrected chi connectivity index (χ0v) is 20.3. The fraction of sp³-hybridized carbons (Fsp3) is 0.130. The van der Waals surface area contributed by atoms with Gasteiger partial charge in [-0.05, 0) is 86.7 Å². The number of amides is 1. The van der Waals surface area contributed by atoms with Gasteiger partial charge >= 0.3 is 0 Å². The molecule has 0 aromatic heterocycles. The van der Waals surface area contributed by atoms with Crippen LogP contribution in [0.5, 0.6) is 5.75 Å².